The summed E-state index contributed by atoms with van der Waals surface area (Å²) in [5.74, 6) is 0.532. The molecule has 0 radical (unpaired) electrons. The zero-order valence-corrected chi connectivity index (χ0v) is 23.5. The first-order valence-corrected chi connectivity index (χ1v) is 14.6. The SMILES string of the molecule is O=C1/C(=C/c2ccccc2OCc2ccc(Cl)cc2)S/C(=N/c2nc(-c3ccccc3)cs2)N1c1ccccc1. The van der Waals surface area contributed by atoms with Gasteiger partial charge >= 0.3 is 0 Å². The lowest BCUT2D eigenvalue weighted by atomic mass is 10.1. The number of aliphatic imine (C=N–C) groups is 1. The smallest absolute Gasteiger partial charge is 0.271 e. The number of thiazole rings is 1. The van der Waals surface area contributed by atoms with Crippen molar-refractivity contribution in [3.05, 3.63) is 136 Å². The second kappa shape index (κ2) is 11.9. The highest BCUT2D eigenvalue weighted by Crippen LogP contribution is 2.39. The minimum absolute atomic E-state index is 0.151. The van der Waals surface area contributed by atoms with Gasteiger partial charge in [-0.1, -0.05) is 90.5 Å². The Morgan fingerprint density at radius 3 is 2.35 bits per heavy atom. The molecule has 5 nitrogen and oxygen atoms in total. The lowest BCUT2D eigenvalue weighted by Gasteiger charge is -2.15. The summed E-state index contributed by atoms with van der Waals surface area (Å²) in [6, 6.07) is 34.7. The minimum atomic E-state index is -0.151. The number of amides is 1. The van der Waals surface area contributed by atoms with Gasteiger partial charge in [0, 0.05) is 21.5 Å². The number of nitrogens with zero attached hydrogens (tertiary/aromatic N) is 3. The van der Waals surface area contributed by atoms with Crippen molar-refractivity contribution in [2.45, 2.75) is 6.61 Å². The Morgan fingerprint density at radius 1 is 0.875 bits per heavy atom. The van der Waals surface area contributed by atoms with Crippen molar-refractivity contribution < 1.29 is 9.53 Å². The lowest BCUT2D eigenvalue weighted by Crippen LogP contribution is -2.28. The Hall–Kier alpha value is -4.17. The lowest BCUT2D eigenvalue weighted by molar-refractivity contribution is -0.113. The molecule has 1 saturated heterocycles. The maximum absolute atomic E-state index is 13.7. The van der Waals surface area contributed by atoms with Crippen molar-refractivity contribution in [3.63, 3.8) is 0 Å². The molecule has 2 heterocycles. The number of amidine groups is 1. The molecule has 0 aliphatic carbocycles. The Kier molecular flexibility index (Phi) is 7.77. The van der Waals surface area contributed by atoms with Gasteiger partial charge in [-0.3, -0.25) is 9.69 Å². The number of halogens is 1. The highest BCUT2D eigenvalue weighted by Gasteiger charge is 2.35. The van der Waals surface area contributed by atoms with Gasteiger partial charge in [0.25, 0.3) is 5.91 Å². The number of para-hydroxylation sites is 2. The Bertz CT molecular complexity index is 1700. The molecule has 4 aromatic carbocycles. The minimum Gasteiger partial charge on any atom is -0.488 e. The van der Waals surface area contributed by atoms with Crippen LogP contribution in [-0.4, -0.2) is 16.1 Å². The quantitative estimate of drug-likeness (QED) is 0.181. The van der Waals surface area contributed by atoms with Crippen LogP contribution in [-0.2, 0) is 11.4 Å². The third kappa shape index (κ3) is 5.87. The standard InChI is InChI=1S/C32H22ClN3O2S2/c33-25-17-15-22(16-18-25)20-38-28-14-8-7-11-24(28)19-29-30(37)36(26-12-5-2-6-13-26)32(40-29)35-31-34-27(21-39-31)23-9-3-1-4-10-23/h1-19,21H,20H2/b29-19-,35-32+. The van der Waals surface area contributed by atoms with Gasteiger partial charge in [0.15, 0.2) is 5.17 Å². The van der Waals surface area contributed by atoms with Gasteiger partial charge in [0.1, 0.15) is 12.4 Å². The highest BCUT2D eigenvalue weighted by molar-refractivity contribution is 8.19. The molecule has 1 aromatic heterocycles. The number of carbonyl (C=O) groups is 1. The van der Waals surface area contributed by atoms with Gasteiger partial charge < -0.3 is 4.74 Å². The van der Waals surface area contributed by atoms with Crippen LogP contribution in [0, 0.1) is 0 Å². The van der Waals surface area contributed by atoms with E-state index in [0.717, 1.165) is 28.1 Å². The summed E-state index contributed by atoms with van der Waals surface area (Å²) in [4.78, 5) is 25.5. The second-order valence-corrected chi connectivity index (χ2v) is 11.1. The van der Waals surface area contributed by atoms with E-state index in [0.29, 0.717) is 32.6 Å². The summed E-state index contributed by atoms with van der Waals surface area (Å²) in [6.07, 6.45) is 1.86. The summed E-state index contributed by atoms with van der Waals surface area (Å²) < 4.78 is 6.13. The van der Waals surface area contributed by atoms with E-state index in [1.165, 1.54) is 23.1 Å². The number of thioether (sulfide) groups is 1. The summed E-state index contributed by atoms with van der Waals surface area (Å²) in [6.45, 7) is 0.384. The first-order chi connectivity index (χ1) is 19.6. The van der Waals surface area contributed by atoms with Gasteiger partial charge in [0.2, 0.25) is 5.13 Å². The fourth-order valence-electron chi connectivity index (χ4n) is 4.11. The molecule has 0 N–H and O–H groups in total. The molecule has 6 rings (SSSR count). The van der Waals surface area contributed by atoms with Crippen LogP contribution in [0.15, 0.2) is 124 Å². The maximum atomic E-state index is 13.7. The zero-order chi connectivity index (χ0) is 27.3. The van der Waals surface area contributed by atoms with Crippen molar-refractivity contribution >= 4 is 62.7 Å². The molecule has 0 saturated carbocycles. The van der Waals surface area contributed by atoms with Crippen molar-refractivity contribution in [3.8, 4) is 17.0 Å². The maximum Gasteiger partial charge on any atom is 0.271 e. The van der Waals surface area contributed by atoms with Crippen LogP contribution in [0.4, 0.5) is 10.8 Å². The van der Waals surface area contributed by atoms with E-state index in [1.807, 2.05) is 121 Å². The van der Waals surface area contributed by atoms with Crippen molar-refractivity contribution in [2.24, 2.45) is 4.99 Å². The van der Waals surface area contributed by atoms with E-state index in [9.17, 15) is 4.79 Å². The monoisotopic (exact) mass is 579 g/mol. The average molecular weight is 580 g/mol. The number of carbonyl (C=O) groups excluding carboxylic acids is 1. The van der Waals surface area contributed by atoms with Crippen molar-refractivity contribution in [1.29, 1.82) is 0 Å². The van der Waals surface area contributed by atoms with Gasteiger partial charge in [0.05, 0.1) is 16.3 Å². The summed E-state index contributed by atoms with van der Waals surface area (Å²) in [5, 5.41) is 3.80. The van der Waals surface area contributed by atoms with E-state index in [2.05, 4.69) is 0 Å². The Morgan fingerprint density at radius 2 is 1.57 bits per heavy atom. The van der Waals surface area contributed by atoms with Gasteiger partial charge in [-0.15, -0.1) is 11.3 Å². The number of rotatable bonds is 7. The van der Waals surface area contributed by atoms with Crippen LogP contribution in [0.25, 0.3) is 17.3 Å². The molecule has 1 aliphatic heterocycles. The van der Waals surface area contributed by atoms with Crippen LogP contribution in [0.2, 0.25) is 5.02 Å². The van der Waals surface area contributed by atoms with Gasteiger partial charge in [-0.25, -0.2) is 4.98 Å². The van der Waals surface area contributed by atoms with Gasteiger partial charge in [-0.2, -0.15) is 4.99 Å². The molecular weight excluding hydrogens is 558 g/mol. The topological polar surface area (TPSA) is 54.8 Å². The molecule has 8 heteroatoms. The second-order valence-electron chi connectivity index (χ2n) is 8.82. The zero-order valence-electron chi connectivity index (χ0n) is 21.1. The van der Waals surface area contributed by atoms with E-state index in [1.54, 1.807) is 4.90 Å². The molecule has 1 fully saturated rings. The summed E-state index contributed by atoms with van der Waals surface area (Å²) in [7, 11) is 0. The average Bonchev–Trinajstić information content (AvgIpc) is 3.58. The van der Waals surface area contributed by atoms with Crippen LogP contribution >= 0.6 is 34.7 Å². The molecule has 0 unspecified atom stereocenters. The Balaban J connectivity index is 1.31. The summed E-state index contributed by atoms with van der Waals surface area (Å²) in [5.41, 5.74) is 4.43. The molecule has 0 spiro atoms. The first kappa shape index (κ1) is 26.1. The van der Waals surface area contributed by atoms with E-state index in [-0.39, 0.29) is 5.91 Å². The molecule has 196 valence electrons. The van der Waals surface area contributed by atoms with Crippen LogP contribution in [0.1, 0.15) is 11.1 Å². The third-order valence-corrected chi connectivity index (χ3v) is 8.04. The van der Waals surface area contributed by atoms with E-state index >= 15 is 0 Å². The Labute approximate surface area is 245 Å². The largest absolute Gasteiger partial charge is 0.488 e. The number of hydrogen-bond acceptors (Lipinski definition) is 6. The van der Waals surface area contributed by atoms with Crippen LogP contribution in [0.3, 0.4) is 0 Å². The van der Waals surface area contributed by atoms with E-state index < -0.39 is 0 Å². The predicted octanol–water partition coefficient (Wildman–Crippen LogP) is 8.85. The number of benzene rings is 4. The van der Waals surface area contributed by atoms with Crippen LogP contribution < -0.4 is 9.64 Å². The summed E-state index contributed by atoms with van der Waals surface area (Å²) >= 11 is 8.78. The molecule has 0 bridgehead atoms. The number of hydrogen-bond donors (Lipinski definition) is 0. The number of ether oxygens (including phenoxy) is 1. The molecule has 1 amide bonds. The number of aromatic nitrogens is 1. The van der Waals surface area contributed by atoms with Gasteiger partial charge in [-0.05, 0) is 53.7 Å². The van der Waals surface area contributed by atoms with E-state index in [4.69, 9.17) is 26.3 Å². The molecule has 5 aromatic rings. The molecular formula is C32H22ClN3O2S2. The van der Waals surface area contributed by atoms with Crippen molar-refractivity contribution in [2.75, 3.05) is 4.90 Å². The fourth-order valence-corrected chi connectivity index (χ4v) is 5.96. The molecule has 40 heavy (non-hydrogen) atoms. The first-order valence-electron chi connectivity index (χ1n) is 12.5. The molecule has 1 aliphatic rings. The third-order valence-electron chi connectivity index (χ3n) is 6.09. The highest BCUT2D eigenvalue weighted by atomic mass is 35.5. The fraction of sp³-hybridized carbons (Fsp3) is 0.0312. The predicted molar refractivity (Wildman–Crippen MR) is 166 cm³/mol. The molecule has 0 atom stereocenters. The normalized spacial score (nSPS) is 15.2. The van der Waals surface area contributed by atoms with Crippen molar-refractivity contribution in [1.82, 2.24) is 4.98 Å². The number of anilines is 1. The van der Waals surface area contributed by atoms with Crippen LogP contribution in [0.5, 0.6) is 5.75 Å².